The Bertz CT molecular complexity index is 987. The Morgan fingerprint density at radius 3 is 2.37 bits per heavy atom. The fraction of sp³-hybridized carbons (Fsp3) is 0.360. The summed E-state index contributed by atoms with van der Waals surface area (Å²) < 4.78 is 0. The molecule has 0 aliphatic heterocycles. The normalized spacial score (nSPS) is 14.4. The van der Waals surface area contributed by atoms with E-state index in [2.05, 4.69) is 48.4 Å². The van der Waals surface area contributed by atoms with Crippen LogP contribution in [-0.2, 0) is 6.54 Å². The molecular weight excluding hydrogens is 392 g/mol. The number of carbonyl (C=O) groups is 1. The van der Waals surface area contributed by atoms with Crippen LogP contribution in [0.4, 0.5) is 5.13 Å². The number of thiazole rings is 1. The summed E-state index contributed by atoms with van der Waals surface area (Å²) in [7, 11) is 0. The molecule has 0 atom stereocenters. The summed E-state index contributed by atoms with van der Waals surface area (Å²) in [5, 5.41) is 14.2. The number of aromatic carboxylic acids is 1. The highest BCUT2D eigenvalue weighted by Crippen LogP contribution is 2.34. The van der Waals surface area contributed by atoms with E-state index < -0.39 is 5.97 Å². The predicted molar refractivity (Wildman–Crippen MR) is 121 cm³/mol. The van der Waals surface area contributed by atoms with Crippen molar-refractivity contribution in [1.82, 2.24) is 4.98 Å². The van der Waals surface area contributed by atoms with Crippen LogP contribution < -0.4 is 10.0 Å². The summed E-state index contributed by atoms with van der Waals surface area (Å²) in [5.74, 6) is -0.617. The van der Waals surface area contributed by atoms with E-state index in [1.807, 2.05) is 12.1 Å². The number of hydrogen-bond donors (Lipinski definition) is 0. The minimum Gasteiger partial charge on any atom is -0.545 e. The van der Waals surface area contributed by atoms with Crippen molar-refractivity contribution in [2.75, 3.05) is 4.90 Å². The van der Waals surface area contributed by atoms with Crippen LogP contribution in [0.2, 0.25) is 0 Å². The molecule has 0 bridgehead atoms. The number of aromatic nitrogens is 1. The Hall–Kier alpha value is -2.66. The van der Waals surface area contributed by atoms with Crippen LogP contribution in [0.1, 0.15) is 66.9 Å². The van der Waals surface area contributed by atoms with Gasteiger partial charge in [-0.05, 0) is 35.4 Å². The second-order valence-corrected chi connectivity index (χ2v) is 9.18. The molecule has 0 spiro atoms. The van der Waals surface area contributed by atoms with Gasteiger partial charge in [-0.2, -0.15) is 0 Å². The molecular formula is C25H27N2O2S-. The zero-order valence-electron chi connectivity index (χ0n) is 17.5. The van der Waals surface area contributed by atoms with E-state index in [-0.39, 0.29) is 5.56 Å². The first-order valence-electron chi connectivity index (χ1n) is 10.6. The molecule has 0 amide bonds. The van der Waals surface area contributed by atoms with Gasteiger partial charge in [-0.25, -0.2) is 4.98 Å². The lowest BCUT2D eigenvalue weighted by atomic mass is 10.0. The summed E-state index contributed by atoms with van der Waals surface area (Å²) in [6, 6.07) is 16.2. The van der Waals surface area contributed by atoms with Crippen LogP contribution in [0.5, 0.6) is 0 Å². The SMILES string of the molecule is CC(C)c1ccc(-c2csc(N(Cc3ccc(C(=O)[O-])cc3)C3CCCC3)n2)cc1. The zero-order chi connectivity index (χ0) is 21.1. The molecule has 1 fully saturated rings. The van der Waals surface area contributed by atoms with Crippen LogP contribution in [0.25, 0.3) is 11.3 Å². The number of rotatable bonds is 7. The topological polar surface area (TPSA) is 56.3 Å². The van der Waals surface area contributed by atoms with Crippen LogP contribution in [0.3, 0.4) is 0 Å². The van der Waals surface area contributed by atoms with Gasteiger partial charge in [0, 0.05) is 23.5 Å². The smallest absolute Gasteiger partial charge is 0.186 e. The maximum atomic E-state index is 11.0. The fourth-order valence-electron chi connectivity index (χ4n) is 4.08. The maximum Gasteiger partial charge on any atom is 0.186 e. The Morgan fingerprint density at radius 1 is 1.10 bits per heavy atom. The molecule has 1 aromatic heterocycles. The Morgan fingerprint density at radius 2 is 1.77 bits per heavy atom. The van der Waals surface area contributed by atoms with Gasteiger partial charge in [0.05, 0.1) is 11.7 Å². The van der Waals surface area contributed by atoms with E-state index in [1.165, 1.54) is 31.2 Å². The summed E-state index contributed by atoms with van der Waals surface area (Å²) in [6.45, 7) is 5.14. The molecule has 30 heavy (non-hydrogen) atoms. The number of nitrogens with zero attached hydrogens (tertiary/aromatic N) is 2. The maximum absolute atomic E-state index is 11.0. The average molecular weight is 420 g/mol. The highest BCUT2D eigenvalue weighted by molar-refractivity contribution is 7.14. The van der Waals surface area contributed by atoms with Crippen molar-refractivity contribution < 1.29 is 9.90 Å². The van der Waals surface area contributed by atoms with Crippen molar-refractivity contribution in [3.63, 3.8) is 0 Å². The van der Waals surface area contributed by atoms with Crippen molar-refractivity contribution in [3.05, 3.63) is 70.6 Å². The first kappa shape index (κ1) is 20.6. The molecule has 4 rings (SSSR count). The number of carboxylic acid groups (broad SMARTS) is 1. The Labute approximate surface area is 182 Å². The van der Waals surface area contributed by atoms with Gasteiger partial charge in [-0.3, -0.25) is 0 Å². The zero-order valence-corrected chi connectivity index (χ0v) is 18.3. The number of anilines is 1. The van der Waals surface area contributed by atoms with Crippen LogP contribution in [0, 0.1) is 0 Å². The Balaban J connectivity index is 1.57. The second kappa shape index (κ2) is 9.00. The molecule has 1 saturated carbocycles. The van der Waals surface area contributed by atoms with Gasteiger partial charge in [0.15, 0.2) is 5.13 Å². The molecule has 1 heterocycles. The molecule has 4 nitrogen and oxygen atoms in total. The van der Waals surface area contributed by atoms with Crippen LogP contribution >= 0.6 is 11.3 Å². The lowest BCUT2D eigenvalue weighted by Gasteiger charge is -2.28. The van der Waals surface area contributed by atoms with Crippen molar-refractivity contribution in [1.29, 1.82) is 0 Å². The summed E-state index contributed by atoms with van der Waals surface area (Å²) in [6.07, 6.45) is 4.85. The van der Waals surface area contributed by atoms with E-state index in [0.29, 0.717) is 12.0 Å². The summed E-state index contributed by atoms with van der Waals surface area (Å²) in [5.41, 5.74) is 4.80. The van der Waals surface area contributed by atoms with Gasteiger partial charge in [0.2, 0.25) is 0 Å². The van der Waals surface area contributed by atoms with Crippen molar-refractivity contribution in [2.24, 2.45) is 0 Å². The third-order valence-corrected chi connectivity index (χ3v) is 6.80. The van der Waals surface area contributed by atoms with E-state index in [4.69, 9.17) is 4.98 Å². The molecule has 156 valence electrons. The minimum atomic E-state index is -1.14. The lowest BCUT2D eigenvalue weighted by molar-refractivity contribution is -0.255. The fourth-order valence-corrected chi connectivity index (χ4v) is 4.99. The number of carboxylic acids is 1. The van der Waals surface area contributed by atoms with E-state index in [9.17, 15) is 9.90 Å². The minimum absolute atomic E-state index is 0.215. The number of carbonyl (C=O) groups excluding carboxylic acids is 1. The molecule has 0 radical (unpaired) electrons. The van der Waals surface area contributed by atoms with Crippen molar-refractivity contribution in [3.8, 4) is 11.3 Å². The molecule has 0 N–H and O–H groups in total. The standard InChI is InChI=1S/C25H28N2O2S/c1-17(2)19-11-13-20(14-12-19)23-16-30-25(26-23)27(22-5-3-4-6-22)15-18-7-9-21(10-8-18)24(28)29/h7-14,16-17,22H,3-6,15H2,1-2H3,(H,28,29)/p-1. The predicted octanol–water partition coefficient (Wildman–Crippen LogP) is 5.25. The first-order valence-corrected chi connectivity index (χ1v) is 11.5. The summed E-state index contributed by atoms with van der Waals surface area (Å²) in [4.78, 5) is 18.4. The molecule has 0 unspecified atom stereocenters. The summed E-state index contributed by atoms with van der Waals surface area (Å²) >= 11 is 1.69. The van der Waals surface area contributed by atoms with E-state index >= 15 is 0 Å². The largest absolute Gasteiger partial charge is 0.545 e. The second-order valence-electron chi connectivity index (χ2n) is 8.34. The molecule has 1 aliphatic rings. The van der Waals surface area contributed by atoms with E-state index in [1.54, 1.807) is 23.5 Å². The van der Waals surface area contributed by atoms with Crippen molar-refractivity contribution >= 4 is 22.4 Å². The quantitative estimate of drug-likeness (QED) is 0.525. The molecule has 3 aromatic rings. The third kappa shape index (κ3) is 4.57. The number of benzene rings is 2. The molecule has 5 heteroatoms. The number of hydrogen-bond acceptors (Lipinski definition) is 5. The van der Waals surface area contributed by atoms with Gasteiger partial charge in [0.25, 0.3) is 0 Å². The lowest BCUT2D eigenvalue weighted by Crippen LogP contribution is -2.32. The third-order valence-electron chi connectivity index (χ3n) is 5.92. The van der Waals surface area contributed by atoms with Crippen LogP contribution in [-0.4, -0.2) is 17.0 Å². The first-order chi connectivity index (χ1) is 14.5. The highest BCUT2D eigenvalue weighted by atomic mass is 32.1. The molecule has 2 aromatic carbocycles. The van der Waals surface area contributed by atoms with Gasteiger partial charge in [-0.1, -0.05) is 75.2 Å². The van der Waals surface area contributed by atoms with Gasteiger partial charge in [0.1, 0.15) is 0 Å². The van der Waals surface area contributed by atoms with Gasteiger partial charge in [-0.15, -0.1) is 11.3 Å². The van der Waals surface area contributed by atoms with Crippen molar-refractivity contribution in [2.45, 2.75) is 58.0 Å². The monoisotopic (exact) mass is 419 g/mol. The molecule has 1 aliphatic carbocycles. The van der Waals surface area contributed by atoms with Gasteiger partial charge >= 0.3 is 0 Å². The van der Waals surface area contributed by atoms with Crippen LogP contribution in [0.15, 0.2) is 53.9 Å². The van der Waals surface area contributed by atoms with E-state index in [0.717, 1.165) is 28.5 Å². The van der Waals surface area contributed by atoms with Gasteiger partial charge < -0.3 is 14.8 Å². The Kier molecular flexibility index (Phi) is 6.18. The molecule has 0 saturated heterocycles. The average Bonchev–Trinajstić information content (AvgIpc) is 3.45. The highest BCUT2D eigenvalue weighted by Gasteiger charge is 2.25.